The fraction of sp³-hybridized carbons (Fsp3) is 0.467. The molecular weight excluding hydrogens is 340 g/mol. The Morgan fingerprint density at radius 3 is 2.38 bits per heavy atom. The zero-order chi connectivity index (χ0) is 15.3. The smallest absolute Gasteiger partial charge is 0.160 e. The molecule has 1 heterocycles. The maximum atomic E-state index is 13.8. The molecule has 1 unspecified atom stereocenters. The highest BCUT2D eigenvalue weighted by molar-refractivity contribution is 8.54. The second-order valence-corrected chi connectivity index (χ2v) is 9.82. The maximum absolute atomic E-state index is 13.8. The number of rotatable bonds is 1. The van der Waals surface area contributed by atoms with Gasteiger partial charge in [0, 0.05) is 9.92 Å². The number of hydrogen-bond donors (Lipinski definition) is 0. The van der Waals surface area contributed by atoms with Gasteiger partial charge in [0.2, 0.25) is 0 Å². The lowest BCUT2D eigenvalue weighted by Crippen LogP contribution is -2.21. The molecule has 6 heteroatoms. The lowest BCUT2D eigenvalue weighted by Gasteiger charge is -2.38. The SMILES string of the molecule is FC(F)(F)S1(Cl)C(C2CCCCC2)=Cc2cc(Cl)ccc21. The zero-order valence-electron chi connectivity index (χ0n) is 11.2. The van der Waals surface area contributed by atoms with Crippen LogP contribution in [0.5, 0.6) is 0 Å². The van der Waals surface area contributed by atoms with Gasteiger partial charge >= 0.3 is 5.51 Å². The summed E-state index contributed by atoms with van der Waals surface area (Å²) >= 11 is 5.92. The van der Waals surface area contributed by atoms with E-state index in [9.17, 15) is 13.2 Å². The van der Waals surface area contributed by atoms with E-state index < -0.39 is 14.7 Å². The van der Waals surface area contributed by atoms with Crippen LogP contribution in [-0.4, -0.2) is 5.51 Å². The van der Waals surface area contributed by atoms with E-state index in [4.69, 9.17) is 22.3 Å². The molecule has 0 bridgehead atoms. The van der Waals surface area contributed by atoms with Gasteiger partial charge in [0.1, 0.15) is 0 Å². The molecule has 0 spiro atoms. The molecule has 3 rings (SSSR count). The standard InChI is InChI=1S/C15H15Cl2F3S/c16-12-6-7-13-11(8-12)9-14(10-4-2-1-3-5-10)21(13,17)15(18,19)20/h6-10H,1-5H2. The van der Waals surface area contributed by atoms with E-state index in [1.165, 1.54) is 12.1 Å². The fourth-order valence-electron chi connectivity index (χ4n) is 3.24. The van der Waals surface area contributed by atoms with Crippen molar-refractivity contribution in [3.63, 3.8) is 0 Å². The van der Waals surface area contributed by atoms with E-state index in [0.717, 1.165) is 32.1 Å². The highest BCUT2D eigenvalue weighted by atomic mass is 35.7. The predicted molar refractivity (Wildman–Crippen MR) is 83.8 cm³/mol. The highest BCUT2D eigenvalue weighted by Crippen LogP contribution is 2.81. The van der Waals surface area contributed by atoms with Crippen LogP contribution in [0.25, 0.3) is 6.08 Å². The molecule has 1 fully saturated rings. The topological polar surface area (TPSA) is 0 Å². The third-order valence-electron chi connectivity index (χ3n) is 4.22. The maximum Gasteiger partial charge on any atom is 0.445 e. The Balaban J connectivity index is 2.11. The summed E-state index contributed by atoms with van der Waals surface area (Å²) in [7, 11) is 2.81. The van der Waals surface area contributed by atoms with Gasteiger partial charge in [-0.25, -0.2) is 0 Å². The minimum absolute atomic E-state index is 0.0564. The summed E-state index contributed by atoms with van der Waals surface area (Å²) in [5.74, 6) is -0.0564. The van der Waals surface area contributed by atoms with Gasteiger partial charge < -0.3 is 0 Å². The van der Waals surface area contributed by atoms with Crippen molar-refractivity contribution in [3.8, 4) is 0 Å². The first-order valence-electron chi connectivity index (χ1n) is 6.94. The Morgan fingerprint density at radius 2 is 1.76 bits per heavy atom. The Labute approximate surface area is 133 Å². The first-order valence-corrected chi connectivity index (χ1v) is 9.78. The molecular formula is C15H15Cl2F3S. The summed E-state index contributed by atoms with van der Waals surface area (Å²) in [6.45, 7) is 0. The monoisotopic (exact) mass is 354 g/mol. The highest BCUT2D eigenvalue weighted by Gasteiger charge is 2.57. The molecule has 0 N–H and O–H groups in total. The number of hydrogen-bond acceptors (Lipinski definition) is 0. The van der Waals surface area contributed by atoms with Crippen molar-refractivity contribution in [2.75, 3.05) is 0 Å². The van der Waals surface area contributed by atoms with Gasteiger partial charge in [-0.3, -0.25) is 0 Å². The normalized spacial score (nSPS) is 29.7. The van der Waals surface area contributed by atoms with E-state index in [2.05, 4.69) is 0 Å². The molecule has 116 valence electrons. The van der Waals surface area contributed by atoms with Crippen LogP contribution in [0.1, 0.15) is 37.7 Å². The Kier molecular flexibility index (Phi) is 4.00. The van der Waals surface area contributed by atoms with E-state index in [1.807, 2.05) is 0 Å². The Bertz CT molecular complexity index is 591. The molecule has 0 radical (unpaired) electrons. The zero-order valence-corrected chi connectivity index (χ0v) is 13.5. The van der Waals surface area contributed by atoms with Crippen molar-refractivity contribution in [1.82, 2.24) is 0 Å². The Morgan fingerprint density at radius 1 is 1.10 bits per heavy atom. The summed E-state index contributed by atoms with van der Waals surface area (Å²) in [5, 5.41) is 0.440. The minimum Gasteiger partial charge on any atom is -0.160 e. The second-order valence-electron chi connectivity index (χ2n) is 5.55. The van der Waals surface area contributed by atoms with Crippen LogP contribution in [0.3, 0.4) is 0 Å². The number of halogens is 5. The average molecular weight is 355 g/mol. The van der Waals surface area contributed by atoms with Gasteiger partial charge in [-0.2, -0.15) is 13.2 Å². The largest absolute Gasteiger partial charge is 0.445 e. The first-order chi connectivity index (χ1) is 9.84. The summed E-state index contributed by atoms with van der Waals surface area (Å²) in [6, 6.07) is 4.52. The van der Waals surface area contributed by atoms with Crippen LogP contribution in [0.2, 0.25) is 5.02 Å². The van der Waals surface area contributed by atoms with Crippen molar-refractivity contribution >= 4 is 37.6 Å². The molecule has 0 amide bonds. The molecule has 0 saturated heterocycles. The number of alkyl halides is 3. The molecule has 0 aromatic heterocycles. The van der Waals surface area contributed by atoms with Crippen molar-refractivity contribution in [1.29, 1.82) is 0 Å². The molecule has 1 atom stereocenters. The van der Waals surface area contributed by atoms with Crippen LogP contribution in [-0.2, 0) is 0 Å². The summed E-state index contributed by atoms with van der Waals surface area (Å²) in [6.07, 6.45) is 6.29. The number of allylic oxidation sites excluding steroid dienone is 1. The second kappa shape index (κ2) is 5.39. The third-order valence-corrected chi connectivity index (χ3v) is 8.73. The van der Waals surface area contributed by atoms with Gasteiger partial charge in [0.25, 0.3) is 0 Å². The van der Waals surface area contributed by atoms with E-state index >= 15 is 0 Å². The van der Waals surface area contributed by atoms with Gasteiger partial charge in [-0.15, -0.1) is 0 Å². The van der Waals surface area contributed by atoms with Crippen molar-refractivity contribution in [2.45, 2.75) is 42.5 Å². The molecule has 1 aromatic rings. The third kappa shape index (κ3) is 2.49. The quantitative estimate of drug-likeness (QED) is 0.503. The van der Waals surface area contributed by atoms with Gasteiger partial charge in [0.15, 0.2) is 0 Å². The summed E-state index contributed by atoms with van der Waals surface area (Å²) < 4.78 is 41.3. The molecule has 2 aliphatic rings. The first kappa shape index (κ1) is 15.6. The molecule has 1 aliphatic heterocycles. The van der Waals surface area contributed by atoms with Crippen LogP contribution >= 0.6 is 31.5 Å². The van der Waals surface area contributed by atoms with E-state index in [0.29, 0.717) is 15.5 Å². The van der Waals surface area contributed by atoms with Crippen LogP contribution in [0, 0.1) is 5.92 Å². The summed E-state index contributed by atoms with van der Waals surface area (Å²) in [4.78, 5) is 0.579. The van der Waals surface area contributed by atoms with E-state index in [-0.39, 0.29) is 10.8 Å². The van der Waals surface area contributed by atoms with Crippen LogP contribution in [0.4, 0.5) is 13.2 Å². The average Bonchev–Trinajstić information content (AvgIpc) is 2.73. The van der Waals surface area contributed by atoms with Crippen molar-refractivity contribution < 1.29 is 13.2 Å². The van der Waals surface area contributed by atoms with Crippen LogP contribution in [0.15, 0.2) is 28.0 Å². The van der Waals surface area contributed by atoms with Gasteiger partial charge in [-0.05, 0) is 73.4 Å². The molecule has 1 aliphatic carbocycles. The van der Waals surface area contributed by atoms with Crippen molar-refractivity contribution in [3.05, 3.63) is 33.7 Å². The van der Waals surface area contributed by atoms with Crippen molar-refractivity contribution in [2.24, 2.45) is 5.92 Å². The minimum atomic E-state index is -4.43. The predicted octanol–water partition coefficient (Wildman–Crippen LogP) is 7.11. The Hall–Kier alpha value is -0.320. The fourth-order valence-corrected chi connectivity index (χ4v) is 6.81. The lowest BCUT2D eigenvalue weighted by molar-refractivity contribution is -0.0361. The molecule has 0 nitrogen and oxygen atoms in total. The molecule has 1 aromatic carbocycles. The van der Waals surface area contributed by atoms with Gasteiger partial charge in [0.05, 0.1) is 0 Å². The number of fused-ring (bicyclic) bond motifs is 1. The van der Waals surface area contributed by atoms with E-state index in [1.54, 1.807) is 12.1 Å². The molecule has 21 heavy (non-hydrogen) atoms. The molecule has 1 saturated carbocycles. The summed E-state index contributed by atoms with van der Waals surface area (Å²) in [5.41, 5.74) is -3.90. The number of benzene rings is 1. The lowest BCUT2D eigenvalue weighted by atomic mass is 9.88. The van der Waals surface area contributed by atoms with Gasteiger partial charge in [-0.1, -0.05) is 30.9 Å². The van der Waals surface area contributed by atoms with Crippen LogP contribution < -0.4 is 0 Å².